The van der Waals surface area contributed by atoms with E-state index in [1.807, 2.05) is 20.8 Å². The fraction of sp³-hybridized carbons (Fsp3) is 0.588. The van der Waals surface area contributed by atoms with E-state index in [0.717, 1.165) is 0 Å². The van der Waals surface area contributed by atoms with Crippen molar-refractivity contribution in [2.24, 2.45) is 0 Å². The van der Waals surface area contributed by atoms with Crippen molar-refractivity contribution in [2.75, 3.05) is 26.0 Å². The smallest absolute Gasteiger partial charge is 0.318 e. The number of benzene rings is 1. The number of nitrogens with one attached hydrogen (secondary N) is 1. The highest BCUT2D eigenvalue weighted by Gasteiger charge is 2.21. The molecule has 7 nitrogen and oxygen atoms in total. The van der Waals surface area contributed by atoms with E-state index in [4.69, 9.17) is 8.92 Å². The van der Waals surface area contributed by atoms with E-state index in [2.05, 4.69) is 5.32 Å². The standard InChI is InChI=1S/C17H28N2O5S/c1-6-25(21,22)24-15-10-8-7-9-14(15)13-19(11-12-23-5)16(20)18-17(2,3)4/h7-10H,6,11-13H2,1-5H3,(H,18,20). The number of carbonyl (C=O) groups excluding carboxylic acids is 1. The molecule has 0 aliphatic heterocycles. The monoisotopic (exact) mass is 372 g/mol. The Morgan fingerprint density at radius 2 is 1.88 bits per heavy atom. The lowest BCUT2D eigenvalue weighted by Gasteiger charge is -2.28. The SMILES string of the molecule is CCS(=O)(=O)Oc1ccccc1CN(CCOC)C(=O)NC(C)(C)C. The summed E-state index contributed by atoms with van der Waals surface area (Å²) in [6.07, 6.45) is 0. The number of hydrogen-bond donors (Lipinski definition) is 1. The minimum absolute atomic E-state index is 0.126. The predicted octanol–water partition coefficient (Wildman–Crippen LogP) is 2.37. The molecule has 25 heavy (non-hydrogen) atoms. The van der Waals surface area contributed by atoms with Crippen LogP contribution in [0.25, 0.3) is 0 Å². The highest BCUT2D eigenvalue weighted by atomic mass is 32.2. The van der Waals surface area contributed by atoms with Crippen LogP contribution in [0.5, 0.6) is 5.75 Å². The summed E-state index contributed by atoms with van der Waals surface area (Å²) in [5.41, 5.74) is 0.226. The Kier molecular flexibility index (Phi) is 7.69. The van der Waals surface area contributed by atoms with Gasteiger partial charge < -0.3 is 19.1 Å². The van der Waals surface area contributed by atoms with Gasteiger partial charge in [-0.3, -0.25) is 0 Å². The normalized spacial score (nSPS) is 11.9. The summed E-state index contributed by atoms with van der Waals surface area (Å²) in [4.78, 5) is 14.1. The van der Waals surface area contributed by atoms with Gasteiger partial charge in [-0.1, -0.05) is 18.2 Å². The molecule has 2 amide bonds. The van der Waals surface area contributed by atoms with Crippen molar-refractivity contribution in [3.8, 4) is 5.75 Å². The molecule has 0 aromatic heterocycles. The van der Waals surface area contributed by atoms with Gasteiger partial charge in [0.2, 0.25) is 0 Å². The Morgan fingerprint density at radius 1 is 1.24 bits per heavy atom. The fourth-order valence-corrected chi connectivity index (χ4v) is 2.52. The second kappa shape index (κ2) is 9.05. The van der Waals surface area contributed by atoms with E-state index in [0.29, 0.717) is 18.7 Å². The molecule has 0 fully saturated rings. The Labute approximate surface area is 150 Å². The Hall–Kier alpha value is -1.80. The van der Waals surface area contributed by atoms with Crippen molar-refractivity contribution in [2.45, 2.75) is 39.8 Å². The van der Waals surface area contributed by atoms with Crippen molar-refractivity contribution in [1.29, 1.82) is 0 Å². The number of hydrogen-bond acceptors (Lipinski definition) is 5. The molecule has 0 spiro atoms. The van der Waals surface area contributed by atoms with Gasteiger partial charge in [0.25, 0.3) is 0 Å². The molecule has 8 heteroatoms. The summed E-state index contributed by atoms with van der Waals surface area (Å²) in [5.74, 6) is 0.106. The maximum absolute atomic E-state index is 12.5. The molecule has 142 valence electrons. The number of para-hydroxylation sites is 1. The number of methoxy groups -OCH3 is 1. The van der Waals surface area contributed by atoms with E-state index in [1.54, 1.807) is 36.3 Å². The highest BCUT2D eigenvalue weighted by Crippen LogP contribution is 2.22. The summed E-state index contributed by atoms with van der Waals surface area (Å²) in [6, 6.07) is 6.54. The zero-order valence-electron chi connectivity index (χ0n) is 15.5. The Morgan fingerprint density at radius 3 is 2.44 bits per heavy atom. The maximum Gasteiger partial charge on any atom is 0.318 e. The van der Waals surface area contributed by atoms with Crippen LogP contribution < -0.4 is 9.50 Å². The van der Waals surface area contributed by atoms with Crippen molar-refractivity contribution in [1.82, 2.24) is 10.2 Å². The van der Waals surface area contributed by atoms with E-state index in [9.17, 15) is 13.2 Å². The number of rotatable bonds is 8. The summed E-state index contributed by atoms with van der Waals surface area (Å²) < 4.78 is 33.8. The molecule has 1 rings (SSSR count). The number of ether oxygens (including phenoxy) is 1. The van der Waals surface area contributed by atoms with Crippen LogP contribution in [0.4, 0.5) is 4.79 Å². The lowest BCUT2D eigenvalue weighted by molar-refractivity contribution is 0.142. The van der Waals surface area contributed by atoms with Gasteiger partial charge in [0.15, 0.2) is 0 Å². The number of amides is 2. The quantitative estimate of drug-likeness (QED) is 0.708. The largest absolute Gasteiger partial charge is 0.383 e. The van der Waals surface area contributed by atoms with Crippen molar-refractivity contribution < 1.29 is 22.1 Å². The summed E-state index contributed by atoms with van der Waals surface area (Å²) in [5, 5.41) is 2.90. The van der Waals surface area contributed by atoms with E-state index >= 15 is 0 Å². The molecule has 1 aromatic carbocycles. The second-order valence-electron chi connectivity index (χ2n) is 6.63. The van der Waals surface area contributed by atoms with Gasteiger partial charge in [-0.25, -0.2) is 4.79 Å². The van der Waals surface area contributed by atoms with Crippen LogP contribution in [0.3, 0.4) is 0 Å². The van der Waals surface area contributed by atoms with Gasteiger partial charge in [0, 0.05) is 24.8 Å². The van der Waals surface area contributed by atoms with Crippen LogP contribution in [0.2, 0.25) is 0 Å². The van der Waals surface area contributed by atoms with Crippen LogP contribution in [0.1, 0.15) is 33.3 Å². The predicted molar refractivity (Wildman–Crippen MR) is 97.1 cm³/mol. The number of nitrogens with zero attached hydrogens (tertiary/aromatic N) is 1. The molecule has 0 unspecified atom stereocenters. The molecular weight excluding hydrogens is 344 g/mol. The van der Waals surface area contributed by atoms with Gasteiger partial charge in [-0.2, -0.15) is 8.42 Å². The van der Waals surface area contributed by atoms with Gasteiger partial charge in [-0.05, 0) is 33.8 Å². The zero-order chi connectivity index (χ0) is 19.1. The number of urea groups is 1. The van der Waals surface area contributed by atoms with Crippen LogP contribution in [-0.4, -0.2) is 50.9 Å². The van der Waals surface area contributed by atoms with Crippen LogP contribution in [0.15, 0.2) is 24.3 Å². The summed E-state index contributed by atoms with van der Waals surface area (Å²) in [6.45, 7) is 8.14. The first-order valence-corrected chi connectivity index (χ1v) is 9.72. The zero-order valence-corrected chi connectivity index (χ0v) is 16.4. The molecule has 0 saturated heterocycles. The van der Waals surface area contributed by atoms with Gasteiger partial charge in [0.1, 0.15) is 5.75 Å². The average Bonchev–Trinajstić information content (AvgIpc) is 2.51. The van der Waals surface area contributed by atoms with Gasteiger partial charge in [0.05, 0.1) is 18.9 Å². The molecule has 1 N–H and O–H groups in total. The van der Waals surface area contributed by atoms with Crippen molar-refractivity contribution >= 4 is 16.1 Å². The van der Waals surface area contributed by atoms with Crippen molar-refractivity contribution in [3.63, 3.8) is 0 Å². The van der Waals surface area contributed by atoms with Crippen LogP contribution >= 0.6 is 0 Å². The lowest BCUT2D eigenvalue weighted by Crippen LogP contribution is -2.49. The molecule has 0 heterocycles. The minimum Gasteiger partial charge on any atom is -0.383 e. The first-order chi connectivity index (χ1) is 11.6. The second-order valence-corrected chi connectivity index (χ2v) is 8.49. The van der Waals surface area contributed by atoms with Gasteiger partial charge >= 0.3 is 16.1 Å². The third-order valence-electron chi connectivity index (χ3n) is 3.24. The molecule has 0 aliphatic rings. The van der Waals surface area contributed by atoms with Crippen LogP contribution in [-0.2, 0) is 21.4 Å². The first kappa shape index (κ1) is 21.2. The molecule has 0 atom stereocenters. The Bertz CT molecular complexity index is 668. The molecule has 1 aromatic rings. The van der Waals surface area contributed by atoms with E-state index < -0.39 is 10.1 Å². The fourth-order valence-electron chi connectivity index (χ4n) is 1.97. The lowest BCUT2D eigenvalue weighted by atomic mass is 10.1. The molecule has 0 radical (unpaired) electrons. The third-order valence-corrected chi connectivity index (χ3v) is 4.38. The average molecular weight is 372 g/mol. The molecule has 0 saturated carbocycles. The topological polar surface area (TPSA) is 84.9 Å². The molecular formula is C17H28N2O5S. The van der Waals surface area contributed by atoms with E-state index in [1.165, 1.54) is 6.92 Å². The first-order valence-electron chi connectivity index (χ1n) is 8.14. The van der Waals surface area contributed by atoms with Crippen LogP contribution in [0, 0.1) is 0 Å². The number of carbonyl (C=O) groups is 1. The van der Waals surface area contributed by atoms with Gasteiger partial charge in [-0.15, -0.1) is 0 Å². The van der Waals surface area contributed by atoms with Crippen molar-refractivity contribution in [3.05, 3.63) is 29.8 Å². The minimum atomic E-state index is -3.64. The summed E-state index contributed by atoms with van der Waals surface area (Å²) >= 11 is 0. The third kappa shape index (κ3) is 7.74. The maximum atomic E-state index is 12.5. The van der Waals surface area contributed by atoms with E-state index in [-0.39, 0.29) is 29.6 Å². The highest BCUT2D eigenvalue weighted by molar-refractivity contribution is 7.87. The molecule has 0 bridgehead atoms. The Balaban J connectivity index is 3.02. The summed E-state index contributed by atoms with van der Waals surface area (Å²) in [7, 11) is -2.08. The molecule has 0 aliphatic carbocycles.